The topological polar surface area (TPSA) is 187 Å². The smallest absolute Gasteiger partial charge is 0.322 e. The first-order valence-corrected chi connectivity index (χ1v) is 12.1. The minimum atomic E-state index is -1.23. The summed E-state index contributed by atoms with van der Waals surface area (Å²) in [7, 11) is 0. The first-order chi connectivity index (χ1) is 17.7. The number of aromatic hydroxyl groups is 1. The molecule has 196 valence electrons. The molecule has 0 aliphatic rings. The molecule has 0 aliphatic carbocycles. The van der Waals surface area contributed by atoms with Crippen molar-refractivity contribution in [3.63, 3.8) is 0 Å². The molecule has 11 nitrogen and oxygen atoms in total. The van der Waals surface area contributed by atoms with E-state index in [0.717, 1.165) is 22.0 Å². The van der Waals surface area contributed by atoms with Crippen LogP contribution in [0.5, 0.6) is 5.75 Å². The molecule has 0 fully saturated rings. The molecule has 1 aromatic heterocycles. The summed E-state index contributed by atoms with van der Waals surface area (Å²) in [4.78, 5) is 52.5. The number of H-pyrrole nitrogens is 1. The summed E-state index contributed by atoms with van der Waals surface area (Å²) in [6, 6.07) is 10.5. The Hall–Kier alpha value is -4.03. The van der Waals surface area contributed by atoms with Crippen LogP contribution in [0.1, 0.15) is 11.1 Å². The van der Waals surface area contributed by atoms with E-state index in [0.29, 0.717) is 0 Å². The fourth-order valence-electron chi connectivity index (χ4n) is 3.74. The number of carboxylic acids is 1. The van der Waals surface area contributed by atoms with Crippen molar-refractivity contribution in [2.75, 3.05) is 12.3 Å². The summed E-state index contributed by atoms with van der Waals surface area (Å²) in [5.74, 6) is -3.16. The number of amides is 3. The van der Waals surface area contributed by atoms with Gasteiger partial charge in [-0.25, -0.2) is 0 Å². The number of aromatic nitrogens is 1. The van der Waals surface area contributed by atoms with Crippen molar-refractivity contribution >= 4 is 47.2 Å². The van der Waals surface area contributed by atoms with Crippen LogP contribution in [0, 0.1) is 0 Å². The lowest BCUT2D eigenvalue weighted by Gasteiger charge is -2.23. The zero-order valence-corrected chi connectivity index (χ0v) is 20.7. The number of carbonyl (C=O) groups is 4. The van der Waals surface area contributed by atoms with Gasteiger partial charge >= 0.3 is 5.97 Å². The van der Waals surface area contributed by atoms with Crippen LogP contribution in [0.4, 0.5) is 0 Å². The Balaban J connectivity index is 1.69. The standard InChI is InChI=1S/C25H29N5O6S/c26-18(9-14-5-7-16(31)8-6-14)23(34)30-21(13-37)25(36)29-20(24(35)28-12-22(32)33)10-15-11-27-19-4-2-1-3-17(15)19/h1-8,11,18,20-21,27,31,37H,9-10,12-13,26H2,(H,28,35)(H,29,36)(H,30,34)(H,32,33). The number of nitrogens with two attached hydrogens (primary N) is 1. The number of carbonyl (C=O) groups excluding carboxylic acids is 3. The van der Waals surface area contributed by atoms with Gasteiger partial charge in [0.15, 0.2) is 0 Å². The Morgan fingerprint density at radius 1 is 0.919 bits per heavy atom. The van der Waals surface area contributed by atoms with Gasteiger partial charge in [-0.2, -0.15) is 12.6 Å². The van der Waals surface area contributed by atoms with Crippen LogP contribution < -0.4 is 21.7 Å². The van der Waals surface area contributed by atoms with Gasteiger partial charge in [0.1, 0.15) is 24.4 Å². The van der Waals surface area contributed by atoms with Crippen LogP contribution in [0.25, 0.3) is 10.9 Å². The Labute approximate surface area is 218 Å². The number of para-hydroxylation sites is 1. The molecule has 3 rings (SSSR count). The van der Waals surface area contributed by atoms with E-state index in [2.05, 4.69) is 33.6 Å². The largest absolute Gasteiger partial charge is 0.508 e. The zero-order chi connectivity index (χ0) is 26.9. The highest BCUT2D eigenvalue weighted by molar-refractivity contribution is 7.80. The van der Waals surface area contributed by atoms with Crippen LogP contribution in [-0.2, 0) is 32.0 Å². The van der Waals surface area contributed by atoms with Crippen molar-refractivity contribution in [2.24, 2.45) is 5.73 Å². The van der Waals surface area contributed by atoms with E-state index in [1.807, 2.05) is 24.3 Å². The third kappa shape index (κ3) is 7.72. The van der Waals surface area contributed by atoms with Crippen LogP contribution >= 0.6 is 12.6 Å². The third-order valence-electron chi connectivity index (χ3n) is 5.69. The maximum atomic E-state index is 13.0. The van der Waals surface area contributed by atoms with Crippen molar-refractivity contribution in [3.05, 3.63) is 65.9 Å². The summed E-state index contributed by atoms with van der Waals surface area (Å²) in [5, 5.41) is 26.6. The Kier molecular flexibility index (Phi) is 9.52. The minimum absolute atomic E-state index is 0.0694. The van der Waals surface area contributed by atoms with E-state index in [1.54, 1.807) is 18.3 Å². The third-order valence-corrected chi connectivity index (χ3v) is 6.06. The fourth-order valence-corrected chi connectivity index (χ4v) is 4.00. The van der Waals surface area contributed by atoms with Gasteiger partial charge in [-0.1, -0.05) is 30.3 Å². The highest BCUT2D eigenvalue weighted by Gasteiger charge is 2.28. The Morgan fingerprint density at radius 2 is 1.59 bits per heavy atom. The molecule has 37 heavy (non-hydrogen) atoms. The molecule has 3 aromatic rings. The highest BCUT2D eigenvalue weighted by Crippen LogP contribution is 2.19. The average Bonchev–Trinajstić information content (AvgIpc) is 3.29. The first kappa shape index (κ1) is 27.6. The molecule has 2 aromatic carbocycles. The number of fused-ring (bicyclic) bond motifs is 1. The fraction of sp³-hybridized carbons (Fsp3) is 0.280. The summed E-state index contributed by atoms with van der Waals surface area (Å²) in [6.07, 6.45) is 1.97. The number of thiol groups is 1. The number of carboxylic acid groups (broad SMARTS) is 1. The van der Waals surface area contributed by atoms with Gasteiger partial charge in [0, 0.05) is 29.3 Å². The molecular weight excluding hydrogens is 498 g/mol. The Morgan fingerprint density at radius 3 is 2.27 bits per heavy atom. The predicted octanol–water partition coefficient (Wildman–Crippen LogP) is 0.0862. The Bertz CT molecular complexity index is 1260. The molecule has 0 aliphatic heterocycles. The van der Waals surface area contributed by atoms with E-state index in [-0.39, 0.29) is 24.3 Å². The quantitative estimate of drug-likeness (QED) is 0.153. The monoisotopic (exact) mass is 527 g/mol. The lowest BCUT2D eigenvalue weighted by atomic mass is 10.0. The second-order valence-electron chi connectivity index (χ2n) is 8.46. The number of rotatable bonds is 12. The zero-order valence-electron chi connectivity index (χ0n) is 19.8. The molecule has 12 heteroatoms. The minimum Gasteiger partial charge on any atom is -0.508 e. The van der Waals surface area contributed by atoms with Gasteiger partial charge < -0.3 is 36.9 Å². The van der Waals surface area contributed by atoms with Crippen LogP contribution in [0.3, 0.4) is 0 Å². The molecule has 3 unspecified atom stereocenters. The molecule has 0 spiro atoms. The van der Waals surface area contributed by atoms with E-state index < -0.39 is 48.4 Å². The molecule has 1 heterocycles. The molecule has 0 saturated heterocycles. The van der Waals surface area contributed by atoms with Crippen molar-refractivity contribution in [2.45, 2.75) is 31.0 Å². The number of benzene rings is 2. The van der Waals surface area contributed by atoms with Gasteiger partial charge in [-0.3, -0.25) is 19.2 Å². The van der Waals surface area contributed by atoms with E-state index in [1.165, 1.54) is 12.1 Å². The number of hydrogen-bond donors (Lipinski definition) is 8. The number of hydrogen-bond acceptors (Lipinski definition) is 7. The normalized spacial score (nSPS) is 13.4. The predicted molar refractivity (Wildman–Crippen MR) is 140 cm³/mol. The van der Waals surface area contributed by atoms with Crippen molar-refractivity contribution in [1.29, 1.82) is 0 Å². The van der Waals surface area contributed by atoms with Crippen LogP contribution in [0.15, 0.2) is 54.7 Å². The van der Waals surface area contributed by atoms with Crippen LogP contribution in [-0.4, -0.2) is 69.3 Å². The maximum Gasteiger partial charge on any atom is 0.322 e. The number of aromatic amines is 1. The lowest BCUT2D eigenvalue weighted by Crippen LogP contribution is -2.57. The molecule has 0 radical (unpaired) electrons. The summed E-state index contributed by atoms with van der Waals surface area (Å²) in [6.45, 7) is -0.613. The molecule has 3 amide bonds. The van der Waals surface area contributed by atoms with Crippen molar-refractivity contribution in [3.8, 4) is 5.75 Å². The molecule has 0 bridgehead atoms. The first-order valence-electron chi connectivity index (χ1n) is 11.5. The number of nitrogens with one attached hydrogen (secondary N) is 4. The van der Waals surface area contributed by atoms with Gasteiger partial charge in [-0.15, -0.1) is 0 Å². The number of phenolic OH excluding ortho intramolecular Hbond substituents is 1. The number of aliphatic carboxylic acids is 1. The van der Waals surface area contributed by atoms with E-state index in [4.69, 9.17) is 10.8 Å². The number of phenols is 1. The van der Waals surface area contributed by atoms with Crippen LogP contribution in [0.2, 0.25) is 0 Å². The highest BCUT2D eigenvalue weighted by atomic mass is 32.1. The van der Waals surface area contributed by atoms with Gasteiger partial charge in [0.05, 0.1) is 6.04 Å². The summed E-state index contributed by atoms with van der Waals surface area (Å²) < 4.78 is 0. The maximum absolute atomic E-state index is 13.0. The summed E-state index contributed by atoms with van der Waals surface area (Å²) in [5.41, 5.74) is 8.31. The molecule has 3 atom stereocenters. The van der Waals surface area contributed by atoms with Crippen molar-refractivity contribution < 1.29 is 29.4 Å². The second kappa shape index (κ2) is 12.8. The average molecular weight is 528 g/mol. The SMILES string of the molecule is NC(Cc1ccc(O)cc1)C(=O)NC(CS)C(=O)NC(Cc1c[nH]c2ccccc12)C(=O)NCC(=O)O. The second-order valence-corrected chi connectivity index (χ2v) is 8.82. The van der Waals surface area contributed by atoms with E-state index >= 15 is 0 Å². The lowest BCUT2D eigenvalue weighted by molar-refractivity contribution is -0.138. The molecule has 8 N–H and O–H groups in total. The summed E-state index contributed by atoms with van der Waals surface area (Å²) >= 11 is 4.16. The molecular formula is C25H29N5O6S. The van der Waals surface area contributed by atoms with Crippen molar-refractivity contribution in [1.82, 2.24) is 20.9 Å². The van der Waals surface area contributed by atoms with Gasteiger partial charge in [-0.05, 0) is 35.7 Å². The molecule has 0 saturated carbocycles. The van der Waals surface area contributed by atoms with Gasteiger partial charge in [0.2, 0.25) is 17.7 Å². The van der Waals surface area contributed by atoms with E-state index in [9.17, 15) is 24.3 Å². The van der Waals surface area contributed by atoms with Gasteiger partial charge in [0.25, 0.3) is 0 Å².